The summed E-state index contributed by atoms with van der Waals surface area (Å²) in [5.41, 5.74) is 5.01. The van der Waals surface area contributed by atoms with Crippen LogP contribution in [0.1, 0.15) is 93.1 Å². The molecule has 0 aromatic heterocycles. The summed E-state index contributed by atoms with van der Waals surface area (Å²) >= 11 is 0. The second-order valence-electron chi connectivity index (χ2n) is 12.0. The summed E-state index contributed by atoms with van der Waals surface area (Å²) in [5, 5.41) is 13.4. The molecule has 2 aliphatic carbocycles. The van der Waals surface area contributed by atoms with E-state index >= 15 is 0 Å². The molecule has 2 aromatic carbocycles. The molecule has 3 aliphatic rings. The molecule has 9 heteroatoms. The van der Waals surface area contributed by atoms with Gasteiger partial charge in [-0.3, -0.25) is 14.5 Å². The third-order valence-electron chi connectivity index (χ3n) is 9.07. The molecule has 0 bridgehead atoms. The van der Waals surface area contributed by atoms with E-state index in [0.717, 1.165) is 63.4 Å². The molecule has 0 spiro atoms. The summed E-state index contributed by atoms with van der Waals surface area (Å²) in [6, 6.07) is 13.1. The second kappa shape index (κ2) is 12.4. The van der Waals surface area contributed by atoms with Crippen LogP contribution in [0.25, 0.3) is 0 Å². The Labute approximate surface area is 241 Å². The van der Waals surface area contributed by atoms with Crippen molar-refractivity contribution in [1.82, 2.24) is 10.4 Å². The van der Waals surface area contributed by atoms with Crippen LogP contribution in [-0.4, -0.2) is 46.9 Å². The molecule has 3 N–H and O–H groups in total. The Morgan fingerprint density at radius 1 is 0.951 bits per heavy atom. The van der Waals surface area contributed by atoms with Crippen molar-refractivity contribution in [1.29, 1.82) is 0 Å². The predicted molar refractivity (Wildman–Crippen MR) is 157 cm³/mol. The van der Waals surface area contributed by atoms with Crippen molar-refractivity contribution >= 4 is 35.1 Å². The van der Waals surface area contributed by atoms with Crippen LogP contribution in [0.3, 0.4) is 0 Å². The Bertz CT molecular complexity index is 1300. The van der Waals surface area contributed by atoms with Crippen molar-refractivity contribution in [2.75, 3.05) is 23.3 Å². The zero-order valence-electron chi connectivity index (χ0n) is 23.7. The van der Waals surface area contributed by atoms with Crippen molar-refractivity contribution in [3.05, 3.63) is 59.7 Å². The summed E-state index contributed by atoms with van der Waals surface area (Å²) < 4.78 is 0. The van der Waals surface area contributed by atoms with Crippen LogP contribution in [0.5, 0.6) is 0 Å². The summed E-state index contributed by atoms with van der Waals surface area (Å²) in [6.07, 6.45) is 10.2. The molecule has 2 aromatic rings. The topological polar surface area (TPSA) is 119 Å². The van der Waals surface area contributed by atoms with E-state index < -0.39 is 23.3 Å². The Morgan fingerprint density at radius 2 is 1.66 bits per heavy atom. The fourth-order valence-electron chi connectivity index (χ4n) is 6.65. The number of fused-ring (bicyclic) bond motifs is 1. The number of nitrogens with one attached hydrogen (secondary N) is 2. The Morgan fingerprint density at radius 3 is 2.39 bits per heavy atom. The summed E-state index contributed by atoms with van der Waals surface area (Å²) in [6.45, 7) is 1.67. The van der Waals surface area contributed by atoms with E-state index in [9.17, 15) is 24.3 Å². The van der Waals surface area contributed by atoms with Crippen LogP contribution in [-0.2, 0) is 9.59 Å². The van der Waals surface area contributed by atoms with Gasteiger partial charge in [-0.25, -0.2) is 20.0 Å². The third kappa shape index (κ3) is 6.45. The van der Waals surface area contributed by atoms with Gasteiger partial charge >= 0.3 is 12.0 Å². The first-order valence-electron chi connectivity index (χ1n) is 14.9. The number of hydrogen-bond donors (Lipinski definition) is 3. The number of aromatic carboxylic acids is 1. The highest BCUT2D eigenvalue weighted by Crippen LogP contribution is 2.41. The Kier molecular flexibility index (Phi) is 8.73. The fourth-order valence-corrected chi connectivity index (χ4v) is 6.65. The van der Waals surface area contributed by atoms with Crippen LogP contribution in [0.2, 0.25) is 0 Å². The molecular formula is C32H40N4O5. The number of nitrogens with zero attached hydrogens (tertiary/aromatic N) is 2. The number of hydrazine groups is 1. The molecular weight excluding hydrogens is 520 g/mol. The highest BCUT2D eigenvalue weighted by Gasteiger charge is 2.41. The van der Waals surface area contributed by atoms with E-state index in [0.29, 0.717) is 11.4 Å². The molecule has 1 atom stereocenters. The van der Waals surface area contributed by atoms with Gasteiger partial charge in [0.05, 0.1) is 23.8 Å². The van der Waals surface area contributed by atoms with Crippen LogP contribution in [0, 0.1) is 11.3 Å². The summed E-state index contributed by atoms with van der Waals surface area (Å²) in [5.74, 6) is -1.23. The molecule has 218 valence electrons. The van der Waals surface area contributed by atoms with E-state index in [1.165, 1.54) is 23.6 Å². The SMILES string of the molecule is CC1(C(=O)CN2C(=O)N(CC(=O)Nc3cccc(C(=O)O)c3)NC(C3CCCCC3)c3ccccc32)CCCCC1. The number of amides is 3. The average Bonchev–Trinajstić information content (AvgIpc) is 3.09. The first-order chi connectivity index (χ1) is 19.7. The van der Waals surface area contributed by atoms with Crippen molar-refractivity contribution in [3.8, 4) is 0 Å². The lowest BCUT2D eigenvalue weighted by atomic mass is 9.72. The van der Waals surface area contributed by atoms with Crippen molar-refractivity contribution < 1.29 is 24.3 Å². The average molecular weight is 561 g/mol. The molecule has 3 amide bonds. The number of carboxylic acid groups (broad SMARTS) is 1. The van der Waals surface area contributed by atoms with Crippen LogP contribution < -0.4 is 15.6 Å². The van der Waals surface area contributed by atoms with Gasteiger partial charge in [0.2, 0.25) is 5.91 Å². The molecule has 1 unspecified atom stereocenters. The van der Waals surface area contributed by atoms with Gasteiger partial charge in [-0.2, -0.15) is 0 Å². The number of benzene rings is 2. The van der Waals surface area contributed by atoms with E-state index in [4.69, 9.17) is 0 Å². The number of anilines is 2. The van der Waals surface area contributed by atoms with Gasteiger partial charge in [-0.05, 0) is 61.4 Å². The number of Topliss-reactive ketones (excluding diaryl/α,β-unsaturated/α-hetero) is 1. The van der Waals surface area contributed by atoms with E-state index in [1.54, 1.807) is 17.0 Å². The van der Waals surface area contributed by atoms with Crippen LogP contribution in [0.4, 0.5) is 16.2 Å². The van der Waals surface area contributed by atoms with Gasteiger partial charge in [-0.1, -0.05) is 69.7 Å². The first kappa shape index (κ1) is 28.8. The van der Waals surface area contributed by atoms with Gasteiger partial charge < -0.3 is 10.4 Å². The minimum absolute atomic E-state index is 0.0476. The summed E-state index contributed by atoms with van der Waals surface area (Å²) in [4.78, 5) is 54.1. The van der Waals surface area contributed by atoms with Gasteiger partial charge in [0.25, 0.3) is 0 Å². The maximum Gasteiger partial charge on any atom is 0.339 e. The van der Waals surface area contributed by atoms with Crippen molar-refractivity contribution in [2.45, 2.75) is 77.2 Å². The molecule has 2 fully saturated rings. The Balaban J connectivity index is 1.44. The molecule has 0 radical (unpaired) electrons. The fraction of sp³-hybridized carbons (Fsp3) is 0.500. The Hall–Kier alpha value is -3.72. The van der Waals surface area contributed by atoms with Gasteiger partial charge in [0, 0.05) is 11.1 Å². The number of ketones is 1. The highest BCUT2D eigenvalue weighted by molar-refractivity contribution is 6.03. The third-order valence-corrected chi connectivity index (χ3v) is 9.07. The maximum atomic E-state index is 14.2. The van der Waals surface area contributed by atoms with E-state index in [1.807, 2.05) is 31.2 Å². The van der Waals surface area contributed by atoms with Crippen molar-refractivity contribution in [3.63, 3.8) is 0 Å². The largest absolute Gasteiger partial charge is 0.478 e. The minimum atomic E-state index is -1.09. The van der Waals surface area contributed by atoms with E-state index in [-0.39, 0.29) is 36.4 Å². The second-order valence-corrected chi connectivity index (χ2v) is 12.0. The van der Waals surface area contributed by atoms with E-state index in [2.05, 4.69) is 10.7 Å². The molecule has 2 saturated carbocycles. The molecule has 0 saturated heterocycles. The predicted octanol–water partition coefficient (Wildman–Crippen LogP) is 5.93. The normalized spacial score (nSPS) is 21.1. The quantitative estimate of drug-likeness (QED) is 0.368. The number of carboxylic acids is 1. The lowest BCUT2D eigenvalue weighted by Gasteiger charge is -2.35. The standard InChI is InChI=1S/C32H40N4O5/c1-32(17-8-3-9-18-32)27(37)20-35-26-16-7-6-15-25(26)29(22-11-4-2-5-12-22)34-36(31(35)41)21-28(38)33-24-14-10-13-23(19-24)30(39)40/h6-7,10,13-16,19,22,29,34H,2-5,8-9,11-12,17-18,20-21H2,1H3,(H,33,38)(H,39,40). The molecule has 1 aliphatic heterocycles. The monoisotopic (exact) mass is 560 g/mol. The van der Waals surface area contributed by atoms with Crippen molar-refractivity contribution in [2.24, 2.45) is 11.3 Å². The molecule has 1 heterocycles. The number of urea groups is 1. The van der Waals surface area contributed by atoms with Gasteiger partial charge in [0.15, 0.2) is 5.78 Å². The number of rotatable bonds is 8. The molecule has 41 heavy (non-hydrogen) atoms. The smallest absolute Gasteiger partial charge is 0.339 e. The first-order valence-corrected chi connectivity index (χ1v) is 14.9. The van der Waals surface area contributed by atoms with Crippen LogP contribution in [0.15, 0.2) is 48.5 Å². The zero-order valence-corrected chi connectivity index (χ0v) is 23.7. The van der Waals surface area contributed by atoms with Crippen LogP contribution >= 0.6 is 0 Å². The zero-order chi connectivity index (χ0) is 29.0. The van der Waals surface area contributed by atoms with Gasteiger partial charge in [-0.15, -0.1) is 0 Å². The minimum Gasteiger partial charge on any atom is -0.478 e. The molecule has 5 rings (SSSR count). The molecule has 9 nitrogen and oxygen atoms in total. The summed E-state index contributed by atoms with van der Waals surface area (Å²) in [7, 11) is 0. The maximum absolute atomic E-state index is 14.2. The number of hydrogen-bond acceptors (Lipinski definition) is 5. The number of para-hydroxylation sites is 1. The lowest BCUT2D eigenvalue weighted by Crippen LogP contribution is -2.54. The number of carbonyl (C=O) groups is 4. The highest BCUT2D eigenvalue weighted by atomic mass is 16.4. The number of carbonyl (C=O) groups excluding carboxylic acids is 3. The van der Waals surface area contributed by atoms with Gasteiger partial charge in [0.1, 0.15) is 6.54 Å². The lowest BCUT2D eigenvalue weighted by molar-refractivity contribution is -0.128.